The van der Waals surface area contributed by atoms with E-state index in [2.05, 4.69) is 21.0 Å². The van der Waals surface area contributed by atoms with E-state index in [1.807, 2.05) is 13.1 Å². The van der Waals surface area contributed by atoms with Gasteiger partial charge in [0.05, 0.1) is 12.3 Å². The SMILES string of the molecule is CCn1cc([C@H](O)CBr)cn1. The summed E-state index contributed by atoms with van der Waals surface area (Å²) in [6.07, 6.45) is 3.11. The Bertz CT molecular complexity index is 224. The Morgan fingerprint density at radius 2 is 2.55 bits per heavy atom. The molecule has 0 radical (unpaired) electrons. The third kappa shape index (κ3) is 2.04. The summed E-state index contributed by atoms with van der Waals surface area (Å²) in [6, 6.07) is 0. The third-order valence-corrected chi connectivity index (χ3v) is 2.12. The van der Waals surface area contributed by atoms with Crippen LogP contribution in [0, 0.1) is 0 Å². The average Bonchev–Trinajstić information content (AvgIpc) is 2.50. The van der Waals surface area contributed by atoms with Crippen molar-refractivity contribution in [3.8, 4) is 0 Å². The van der Waals surface area contributed by atoms with Gasteiger partial charge in [-0.1, -0.05) is 15.9 Å². The molecule has 0 fully saturated rings. The lowest BCUT2D eigenvalue weighted by molar-refractivity contribution is 0.205. The van der Waals surface area contributed by atoms with Gasteiger partial charge in [-0.25, -0.2) is 0 Å². The van der Waals surface area contributed by atoms with Gasteiger partial charge in [0.1, 0.15) is 0 Å². The molecule has 1 aromatic rings. The van der Waals surface area contributed by atoms with E-state index in [-0.39, 0.29) is 0 Å². The van der Waals surface area contributed by atoms with Crippen molar-refractivity contribution in [2.75, 3.05) is 5.33 Å². The van der Waals surface area contributed by atoms with Crippen molar-refractivity contribution >= 4 is 15.9 Å². The standard InChI is InChI=1S/C7H11BrN2O/c1-2-10-5-6(4-9-10)7(11)3-8/h4-5,7,11H,2-3H2,1H3/t7-/m1/s1. The first kappa shape index (κ1) is 8.74. The second-order valence-electron chi connectivity index (χ2n) is 2.30. The Kier molecular flexibility index (Phi) is 3.08. The number of halogens is 1. The van der Waals surface area contributed by atoms with Crippen LogP contribution in [-0.4, -0.2) is 20.2 Å². The largest absolute Gasteiger partial charge is 0.387 e. The predicted octanol–water partition coefficient (Wildman–Crippen LogP) is 1.33. The molecule has 0 aromatic carbocycles. The summed E-state index contributed by atoms with van der Waals surface area (Å²) in [6.45, 7) is 2.85. The highest BCUT2D eigenvalue weighted by Crippen LogP contribution is 2.13. The number of hydrogen-bond donors (Lipinski definition) is 1. The molecule has 1 rings (SSSR count). The molecule has 11 heavy (non-hydrogen) atoms. The van der Waals surface area contributed by atoms with Crippen LogP contribution in [0.15, 0.2) is 12.4 Å². The van der Waals surface area contributed by atoms with Crippen molar-refractivity contribution in [2.24, 2.45) is 0 Å². The minimum atomic E-state index is -0.435. The fourth-order valence-corrected chi connectivity index (χ4v) is 1.19. The van der Waals surface area contributed by atoms with Gasteiger partial charge in [0.2, 0.25) is 0 Å². The topological polar surface area (TPSA) is 38.0 Å². The maximum absolute atomic E-state index is 9.34. The van der Waals surface area contributed by atoms with Crippen LogP contribution in [0.25, 0.3) is 0 Å². The average molecular weight is 219 g/mol. The molecule has 62 valence electrons. The monoisotopic (exact) mass is 218 g/mol. The van der Waals surface area contributed by atoms with Crippen LogP contribution in [0.5, 0.6) is 0 Å². The van der Waals surface area contributed by atoms with E-state index in [9.17, 15) is 5.11 Å². The lowest BCUT2D eigenvalue weighted by atomic mass is 10.2. The number of aryl methyl sites for hydroxylation is 1. The van der Waals surface area contributed by atoms with Crippen molar-refractivity contribution in [2.45, 2.75) is 19.6 Å². The lowest BCUT2D eigenvalue weighted by Crippen LogP contribution is -1.96. The molecular weight excluding hydrogens is 208 g/mol. The molecule has 0 bridgehead atoms. The maximum atomic E-state index is 9.34. The summed E-state index contributed by atoms with van der Waals surface area (Å²) >= 11 is 3.20. The Balaban J connectivity index is 2.71. The quantitative estimate of drug-likeness (QED) is 0.778. The van der Waals surface area contributed by atoms with E-state index in [1.165, 1.54) is 0 Å². The normalized spacial score (nSPS) is 13.4. The Morgan fingerprint density at radius 1 is 1.82 bits per heavy atom. The highest BCUT2D eigenvalue weighted by Gasteiger charge is 2.06. The van der Waals surface area contributed by atoms with Crippen molar-refractivity contribution in [1.29, 1.82) is 0 Å². The van der Waals surface area contributed by atoms with Gasteiger partial charge in [0.25, 0.3) is 0 Å². The minimum Gasteiger partial charge on any atom is -0.387 e. The van der Waals surface area contributed by atoms with Crippen LogP contribution in [0.1, 0.15) is 18.6 Å². The third-order valence-electron chi connectivity index (χ3n) is 1.51. The van der Waals surface area contributed by atoms with E-state index in [0.717, 1.165) is 12.1 Å². The number of aliphatic hydroxyl groups is 1. The first-order chi connectivity index (χ1) is 5.27. The van der Waals surface area contributed by atoms with E-state index >= 15 is 0 Å². The molecule has 0 saturated heterocycles. The van der Waals surface area contributed by atoms with Crippen molar-refractivity contribution < 1.29 is 5.11 Å². The van der Waals surface area contributed by atoms with Gasteiger partial charge in [-0.2, -0.15) is 5.10 Å². The molecule has 0 unspecified atom stereocenters. The number of rotatable bonds is 3. The zero-order valence-electron chi connectivity index (χ0n) is 6.37. The Labute approximate surface area is 74.2 Å². The number of hydrogen-bond acceptors (Lipinski definition) is 2. The Morgan fingerprint density at radius 3 is 3.00 bits per heavy atom. The van der Waals surface area contributed by atoms with Gasteiger partial charge in [-0.3, -0.25) is 4.68 Å². The molecule has 0 aliphatic heterocycles. The maximum Gasteiger partial charge on any atom is 0.0917 e. The second kappa shape index (κ2) is 3.88. The molecule has 0 amide bonds. The van der Waals surface area contributed by atoms with Gasteiger partial charge in [0, 0.05) is 23.6 Å². The van der Waals surface area contributed by atoms with Gasteiger partial charge < -0.3 is 5.11 Å². The summed E-state index contributed by atoms with van der Waals surface area (Å²) in [4.78, 5) is 0. The molecule has 0 aliphatic carbocycles. The van der Waals surface area contributed by atoms with Crippen LogP contribution in [0.2, 0.25) is 0 Å². The fourth-order valence-electron chi connectivity index (χ4n) is 0.814. The number of nitrogens with zero attached hydrogens (tertiary/aromatic N) is 2. The number of aromatic nitrogens is 2. The summed E-state index contributed by atoms with van der Waals surface area (Å²) < 4.78 is 1.79. The summed E-state index contributed by atoms with van der Waals surface area (Å²) in [7, 11) is 0. The van der Waals surface area contributed by atoms with Crippen molar-refractivity contribution in [3.05, 3.63) is 18.0 Å². The minimum absolute atomic E-state index is 0.435. The molecule has 0 saturated carbocycles. The first-order valence-electron chi connectivity index (χ1n) is 3.54. The smallest absolute Gasteiger partial charge is 0.0917 e. The summed E-state index contributed by atoms with van der Waals surface area (Å²) in [5, 5.41) is 13.9. The highest BCUT2D eigenvalue weighted by atomic mass is 79.9. The fraction of sp³-hybridized carbons (Fsp3) is 0.571. The predicted molar refractivity (Wildman–Crippen MR) is 46.7 cm³/mol. The highest BCUT2D eigenvalue weighted by molar-refractivity contribution is 9.09. The van der Waals surface area contributed by atoms with Crippen LogP contribution in [0.3, 0.4) is 0 Å². The molecule has 1 aromatic heterocycles. The van der Waals surface area contributed by atoms with Gasteiger partial charge in [-0.05, 0) is 6.92 Å². The molecular formula is C7H11BrN2O. The molecule has 1 atom stereocenters. The first-order valence-corrected chi connectivity index (χ1v) is 4.66. The van der Waals surface area contributed by atoms with E-state index in [1.54, 1.807) is 10.9 Å². The van der Waals surface area contributed by atoms with Crippen LogP contribution >= 0.6 is 15.9 Å². The van der Waals surface area contributed by atoms with Crippen molar-refractivity contribution in [1.82, 2.24) is 9.78 Å². The number of aliphatic hydroxyl groups excluding tert-OH is 1. The van der Waals surface area contributed by atoms with Crippen LogP contribution in [-0.2, 0) is 6.54 Å². The Hall–Kier alpha value is -0.350. The molecule has 0 aliphatic rings. The van der Waals surface area contributed by atoms with Crippen LogP contribution < -0.4 is 0 Å². The summed E-state index contributed by atoms with van der Waals surface area (Å²) in [5.74, 6) is 0. The zero-order valence-corrected chi connectivity index (χ0v) is 7.95. The van der Waals surface area contributed by atoms with Gasteiger partial charge in [0.15, 0.2) is 0 Å². The zero-order chi connectivity index (χ0) is 8.27. The van der Waals surface area contributed by atoms with E-state index in [4.69, 9.17) is 0 Å². The molecule has 1 N–H and O–H groups in total. The van der Waals surface area contributed by atoms with E-state index in [0.29, 0.717) is 5.33 Å². The lowest BCUT2D eigenvalue weighted by Gasteiger charge is -2.00. The van der Waals surface area contributed by atoms with Crippen molar-refractivity contribution in [3.63, 3.8) is 0 Å². The molecule has 3 nitrogen and oxygen atoms in total. The second-order valence-corrected chi connectivity index (χ2v) is 2.95. The van der Waals surface area contributed by atoms with Gasteiger partial charge >= 0.3 is 0 Å². The summed E-state index contributed by atoms with van der Waals surface area (Å²) in [5.41, 5.74) is 0.865. The van der Waals surface area contributed by atoms with Crippen LogP contribution in [0.4, 0.5) is 0 Å². The van der Waals surface area contributed by atoms with E-state index < -0.39 is 6.10 Å². The molecule has 0 spiro atoms. The van der Waals surface area contributed by atoms with Gasteiger partial charge in [-0.15, -0.1) is 0 Å². The molecule has 4 heteroatoms. The molecule has 1 heterocycles. The number of alkyl halides is 1.